The fourth-order valence-electron chi connectivity index (χ4n) is 8.25. The molecular weight excluding hydrogens is 905 g/mol. The maximum atomic E-state index is 12.5. The lowest BCUT2D eigenvalue weighted by Crippen LogP contribution is -2.28. The summed E-state index contributed by atoms with van der Waals surface area (Å²) in [6.07, 6.45) is 7.88. The number of piperidine rings is 3. The minimum absolute atomic E-state index is 0.0774. The number of hydrogen-bond donors (Lipinski definition) is 6. The van der Waals surface area contributed by atoms with Gasteiger partial charge in [0, 0.05) is 54.8 Å². The fraction of sp³-hybridized carbons (Fsp3) is 0.327. The van der Waals surface area contributed by atoms with Gasteiger partial charge >= 0.3 is 6.18 Å². The first kappa shape index (κ1) is 50.3. The molecule has 0 spiro atoms. The Morgan fingerprint density at radius 1 is 0.522 bits per heavy atom. The number of nitrogens with one attached hydrogen (secondary N) is 6. The van der Waals surface area contributed by atoms with E-state index in [1.807, 2.05) is 49.4 Å². The fourth-order valence-corrected chi connectivity index (χ4v) is 8.35. The number of hydrogen-bond acceptors (Lipinski definition) is 10. The van der Waals surface area contributed by atoms with Crippen molar-refractivity contribution in [2.75, 3.05) is 55.2 Å². The zero-order chi connectivity index (χ0) is 48.6. The van der Waals surface area contributed by atoms with Crippen LogP contribution >= 0.6 is 11.6 Å². The molecule has 0 saturated carbocycles. The van der Waals surface area contributed by atoms with Crippen molar-refractivity contribution in [2.24, 2.45) is 0 Å². The lowest BCUT2D eigenvalue weighted by Gasteiger charge is -2.23. The summed E-state index contributed by atoms with van der Waals surface area (Å²) < 4.78 is 37.5. The van der Waals surface area contributed by atoms with Crippen LogP contribution in [0.5, 0.6) is 0 Å². The van der Waals surface area contributed by atoms with Crippen molar-refractivity contribution >= 4 is 46.4 Å². The first-order chi connectivity index (χ1) is 33.4. The summed E-state index contributed by atoms with van der Waals surface area (Å²) in [5, 5.41) is 18.9. The summed E-state index contributed by atoms with van der Waals surface area (Å²) in [4.78, 5) is 51.6. The van der Waals surface area contributed by atoms with Crippen molar-refractivity contribution in [3.63, 3.8) is 0 Å². The minimum atomic E-state index is -4.52. The first-order valence-corrected chi connectivity index (χ1v) is 23.6. The summed E-state index contributed by atoms with van der Waals surface area (Å²) in [6.45, 7) is 8.18. The van der Waals surface area contributed by atoms with Gasteiger partial charge in [0.1, 0.15) is 16.5 Å². The maximum absolute atomic E-state index is 12.5. The first-order valence-electron chi connectivity index (χ1n) is 23.2. The van der Waals surface area contributed by atoms with Crippen LogP contribution in [0.15, 0.2) is 122 Å². The predicted octanol–water partition coefficient (Wildman–Crippen LogP) is 9.78. The minimum Gasteiger partial charge on any atom is -0.322 e. The van der Waals surface area contributed by atoms with Gasteiger partial charge in [0.05, 0.1) is 23.5 Å². The third kappa shape index (κ3) is 15.2. The number of anilines is 3. The van der Waals surface area contributed by atoms with E-state index in [1.54, 1.807) is 24.4 Å². The Labute approximate surface area is 404 Å². The molecule has 3 aromatic carbocycles. The summed E-state index contributed by atoms with van der Waals surface area (Å²) >= 11 is 5.66. The van der Waals surface area contributed by atoms with Crippen LogP contribution in [0, 0.1) is 6.92 Å². The highest BCUT2D eigenvalue weighted by Crippen LogP contribution is 2.29. The third-order valence-electron chi connectivity index (χ3n) is 12.2. The molecule has 6 heterocycles. The molecule has 3 fully saturated rings. The predicted molar refractivity (Wildman–Crippen MR) is 263 cm³/mol. The zero-order valence-corrected chi connectivity index (χ0v) is 39.0. The van der Waals surface area contributed by atoms with Crippen molar-refractivity contribution in [3.05, 3.63) is 172 Å². The molecule has 69 heavy (non-hydrogen) atoms. The molecule has 0 aliphatic carbocycles. The van der Waals surface area contributed by atoms with E-state index in [4.69, 9.17) is 11.6 Å². The Kier molecular flexibility index (Phi) is 17.9. The normalized spacial score (nSPS) is 18.0. The molecule has 0 unspecified atom stereocenters. The van der Waals surface area contributed by atoms with Gasteiger partial charge in [-0.05, 0) is 160 Å². The molecule has 9 rings (SSSR count). The Morgan fingerprint density at radius 3 is 1.28 bits per heavy atom. The SMILES string of the molecule is Cc1ccc(C(=O)Nc2ccc([C@@H]3CCCNC3)cc2)cn1.O=C(Nc1ccc([C@@H]2CCCNC2)cc1)c1ccc(C(F)(F)F)nc1.O=C(Nc1ccc([C@H]2CCCNC2)cc1)c1cnc(Cl)cn1. The Balaban J connectivity index is 0.000000153. The number of rotatable bonds is 9. The topological polar surface area (TPSA) is 175 Å². The molecule has 3 saturated heterocycles. The number of benzene rings is 3. The number of nitrogens with zero attached hydrogens (tertiary/aromatic N) is 4. The van der Waals surface area contributed by atoms with Crippen LogP contribution in [0.3, 0.4) is 0 Å². The van der Waals surface area contributed by atoms with Crippen LogP contribution in [0.25, 0.3) is 0 Å². The lowest BCUT2D eigenvalue weighted by molar-refractivity contribution is -0.141. The number of aryl methyl sites for hydroxylation is 1. The van der Waals surface area contributed by atoms with Crippen LogP contribution in [-0.2, 0) is 6.18 Å². The molecule has 0 bridgehead atoms. The summed E-state index contributed by atoms with van der Waals surface area (Å²) in [5.74, 6) is 0.696. The van der Waals surface area contributed by atoms with Gasteiger partial charge in [0.15, 0.2) is 0 Å². The lowest BCUT2D eigenvalue weighted by atomic mass is 9.91. The van der Waals surface area contributed by atoms with E-state index < -0.39 is 17.8 Å². The van der Waals surface area contributed by atoms with Gasteiger partial charge in [-0.15, -0.1) is 0 Å². The molecule has 3 aliphatic rings. The number of pyridine rings is 2. The summed E-state index contributed by atoms with van der Waals surface area (Å²) in [7, 11) is 0. The van der Waals surface area contributed by atoms with Gasteiger partial charge in [-0.2, -0.15) is 13.2 Å². The molecule has 6 N–H and O–H groups in total. The van der Waals surface area contributed by atoms with E-state index in [0.717, 1.165) is 87.5 Å². The average Bonchev–Trinajstić information content (AvgIpc) is 3.38. The van der Waals surface area contributed by atoms with Crippen LogP contribution < -0.4 is 31.9 Å². The van der Waals surface area contributed by atoms with E-state index in [1.165, 1.54) is 54.8 Å². The van der Waals surface area contributed by atoms with Gasteiger partial charge in [-0.25, -0.2) is 9.97 Å². The number of carbonyl (C=O) groups excluding carboxylic acids is 3. The second kappa shape index (κ2) is 24.6. The summed E-state index contributed by atoms with van der Waals surface area (Å²) in [6, 6.07) is 29.3. The van der Waals surface area contributed by atoms with Crippen molar-refractivity contribution in [1.29, 1.82) is 0 Å². The molecule has 3 amide bonds. The van der Waals surface area contributed by atoms with Gasteiger partial charge in [-0.3, -0.25) is 24.4 Å². The molecule has 3 aromatic heterocycles. The smallest absolute Gasteiger partial charge is 0.322 e. The van der Waals surface area contributed by atoms with Crippen molar-refractivity contribution in [1.82, 2.24) is 35.9 Å². The number of aromatic nitrogens is 4. The molecule has 0 radical (unpaired) electrons. The molecular formula is C52H56ClF3N10O3. The largest absolute Gasteiger partial charge is 0.433 e. The number of halogens is 4. The number of carbonyl (C=O) groups is 3. The molecule has 6 aromatic rings. The molecule has 3 atom stereocenters. The highest BCUT2D eigenvalue weighted by molar-refractivity contribution is 6.29. The molecule has 360 valence electrons. The van der Waals surface area contributed by atoms with Crippen LogP contribution in [-0.4, -0.2) is 76.9 Å². The van der Waals surface area contributed by atoms with Crippen LogP contribution in [0.1, 0.15) is 116 Å². The van der Waals surface area contributed by atoms with E-state index in [-0.39, 0.29) is 28.2 Å². The van der Waals surface area contributed by atoms with E-state index in [0.29, 0.717) is 29.0 Å². The van der Waals surface area contributed by atoms with Crippen LogP contribution in [0.4, 0.5) is 30.2 Å². The van der Waals surface area contributed by atoms with Crippen molar-refractivity contribution in [2.45, 2.75) is 69.4 Å². The highest BCUT2D eigenvalue weighted by atomic mass is 35.5. The number of alkyl halides is 3. The Hall–Kier alpha value is -6.59. The zero-order valence-electron chi connectivity index (χ0n) is 38.3. The highest BCUT2D eigenvalue weighted by Gasteiger charge is 2.32. The summed E-state index contributed by atoms with van der Waals surface area (Å²) in [5.41, 5.74) is 6.78. The molecule has 13 nitrogen and oxygen atoms in total. The molecule has 17 heteroatoms. The second-order valence-corrected chi connectivity index (χ2v) is 17.6. The Bertz CT molecular complexity index is 2450. The quantitative estimate of drug-likeness (QED) is 0.0819. The standard InChI is InChI=1S/C18H18F3N3O.C18H21N3O.C16H17ClN4O/c19-18(20,21)16-8-5-14(11-23-16)17(25)24-15-6-3-12(4-7-15)13-2-1-9-22-10-13;1-13-4-5-16(12-20-13)18(22)21-17-8-6-14(7-9-17)15-3-2-10-19-11-15;17-15-10-19-14(9-20-15)16(22)21-13-5-3-11(4-6-13)12-2-1-7-18-8-12/h3-8,11,13,22H,1-2,9-10H2,(H,24,25);4-9,12,15,19H,2-3,10-11H2,1H3,(H,21,22);3-6,9-10,12,18H,1-2,7-8H2,(H,21,22)/t13-;15-;12-/m110/s1. The van der Waals surface area contributed by atoms with Gasteiger partial charge < -0.3 is 31.9 Å². The van der Waals surface area contributed by atoms with Gasteiger partial charge in [-0.1, -0.05) is 48.0 Å². The Morgan fingerprint density at radius 2 is 0.942 bits per heavy atom. The van der Waals surface area contributed by atoms with Crippen molar-refractivity contribution in [3.8, 4) is 0 Å². The monoisotopic (exact) mass is 960 g/mol. The second-order valence-electron chi connectivity index (χ2n) is 17.2. The van der Waals surface area contributed by atoms with Gasteiger partial charge in [0.2, 0.25) is 0 Å². The third-order valence-corrected chi connectivity index (χ3v) is 12.3. The van der Waals surface area contributed by atoms with Crippen LogP contribution in [0.2, 0.25) is 5.15 Å². The number of amides is 3. The molecule has 3 aliphatic heterocycles. The maximum Gasteiger partial charge on any atom is 0.433 e. The van der Waals surface area contributed by atoms with E-state index in [2.05, 4.69) is 76.1 Å². The van der Waals surface area contributed by atoms with Crippen molar-refractivity contribution < 1.29 is 27.6 Å². The van der Waals surface area contributed by atoms with Gasteiger partial charge in [0.25, 0.3) is 17.7 Å². The van der Waals surface area contributed by atoms with E-state index in [9.17, 15) is 27.6 Å². The van der Waals surface area contributed by atoms with E-state index >= 15 is 0 Å². The average molecular weight is 962 g/mol.